The number of terminal acetylenes is 1. The SMILES string of the molecule is C#C.CC.CCC.CNC=O.COc1cc(OCCc2ccc(C)cc2)cc(OC)c1CCCCC(=O)N(C)CC(=O)N1CCC[C@H]1C.Cc1cc(F)ccc1O.NC=O. The summed E-state index contributed by atoms with van der Waals surface area (Å²) in [6.07, 6.45) is 15.7. The highest BCUT2D eigenvalue weighted by molar-refractivity contribution is 5.85. The first kappa shape index (κ1) is 58.5. The maximum absolute atomic E-state index is 12.6. The summed E-state index contributed by atoms with van der Waals surface area (Å²) in [4.78, 5) is 46.2. The number of nitrogens with one attached hydrogen (secondary N) is 1. The Bertz CT molecular complexity index is 1590. The second-order valence-electron chi connectivity index (χ2n) is 13.1. The average molecular weight is 841 g/mol. The number of phenols is 1. The quantitative estimate of drug-likeness (QED) is 0.0842. The summed E-state index contributed by atoms with van der Waals surface area (Å²) in [5.41, 5.74) is 8.18. The fourth-order valence-corrected chi connectivity index (χ4v) is 5.40. The number of hydrogen-bond acceptors (Lipinski definition) is 8. The Labute approximate surface area is 360 Å². The molecule has 336 valence electrons. The van der Waals surface area contributed by atoms with Crippen LogP contribution in [0.4, 0.5) is 4.39 Å². The minimum atomic E-state index is -0.315. The summed E-state index contributed by atoms with van der Waals surface area (Å²) in [6.45, 7) is 15.6. The molecule has 1 saturated heterocycles. The lowest BCUT2D eigenvalue weighted by molar-refractivity contribution is -0.139. The summed E-state index contributed by atoms with van der Waals surface area (Å²) < 4.78 is 29.5. The molecule has 0 aliphatic carbocycles. The van der Waals surface area contributed by atoms with Crippen molar-refractivity contribution in [2.75, 3.05) is 48.0 Å². The highest BCUT2D eigenvalue weighted by atomic mass is 19.1. The van der Waals surface area contributed by atoms with E-state index >= 15 is 0 Å². The number of ether oxygens (including phenoxy) is 3. The predicted molar refractivity (Wildman–Crippen MR) is 241 cm³/mol. The molecule has 0 saturated carbocycles. The van der Waals surface area contributed by atoms with Gasteiger partial charge < -0.3 is 40.2 Å². The van der Waals surface area contributed by atoms with E-state index in [2.05, 4.69) is 75.9 Å². The van der Waals surface area contributed by atoms with Crippen LogP contribution in [0, 0.1) is 32.5 Å². The number of carbonyl (C=O) groups is 4. The summed E-state index contributed by atoms with van der Waals surface area (Å²) in [7, 11) is 6.56. The molecule has 4 rings (SSSR count). The van der Waals surface area contributed by atoms with Gasteiger partial charge in [-0.3, -0.25) is 19.2 Å². The van der Waals surface area contributed by atoms with Crippen molar-refractivity contribution < 1.29 is 42.9 Å². The molecular weight excluding hydrogens is 768 g/mol. The minimum Gasteiger partial charge on any atom is -0.508 e. The van der Waals surface area contributed by atoms with Gasteiger partial charge in [0.25, 0.3) is 0 Å². The molecule has 60 heavy (non-hydrogen) atoms. The van der Waals surface area contributed by atoms with Crippen molar-refractivity contribution >= 4 is 24.6 Å². The molecule has 0 aromatic heterocycles. The number of aryl methyl sites for hydroxylation is 2. The molecule has 0 spiro atoms. The van der Waals surface area contributed by atoms with E-state index in [0.717, 1.165) is 62.1 Å². The molecule has 1 fully saturated rings. The number of rotatable bonds is 14. The molecular formula is C47H73FN4O8. The van der Waals surface area contributed by atoms with Gasteiger partial charge in [-0.05, 0) is 82.2 Å². The van der Waals surface area contributed by atoms with Gasteiger partial charge in [-0.2, -0.15) is 0 Å². The summed E-state index contributed by atoms with van der Waals surface area (Å²) in [5.74, 6) is 2.00. The molecule has 1 heterocycles. The van der Waals surface area contributed by atoms with Crippen molar-refractivity contribution in [3.8, 4) is 35.8 Å². The molecule has 0 radical (unpaired) electrons. The first-order valence-corrected chi connectivity index (χ1v) is 20.3. The molecule has 0 unspecified atom stereocenters. The number of nitrogens with zero attached hydrogens (tertiary/aromatic N) is 2. The van der Waals surface area contributed by atoms with Crippen LogP contribution in [0.15, 0.2) is 54.6 Å². The first-order chi connectivity index (χ1) is 28.8. The molecule has 3 aromatic rings. The monoisotopic (exact) mass is 841 g/mol. The van der Waals surface area contributed by atoms with Crippen LogP contribution in [0.2, 0.25) is 0 Å². The lowest BCUT2D eigenvalue weighted by atomic mass is 10.0. The highest BCUT2D eigenvalue weighted by Gasteiger charge is 2.26. The second-order valence-corrected chi connectivity index (χ2v) is 13.1. The van der Waals surface area contributed by atoms with Crippen LogP contribution in [0.3, 0.4) is 0 Å². The summed E-state index contributed by atoms with van der Waals surface area (Å²) in [5, 5.41) is 11.1. The van der Waals surface area contributed by atoms with Crippen LogP contribution in [0.25, 0.3) is 0 Å². The van der Waals surface area contributed by atoms with Crippen molar-refractivity contribution in [3.05, 3.63) is 82.7 Å². The van der Waals surface area contributed by atoms with Gasteiger partial charge >= 0.3 is 0 Å². The largest absolute Gasteiger partial charge is 0.508 e. The number of amides is 4. The van der Waals surface area contributed by atoms with E-state index in [-0.39, 0.29) is 42.4 Å². The fraction of sp³-hybridized carbons (Fsp3) is 0.489. The van der Waals surface area contributed by atoms with E-state index in [9.17, 15) is 14.0 Å². The van der Waals surface area contributed by atoms with E-state index in [1.807, 2.05) is 30.9 Å². The fourth-order valence-electron chi connectivity index (χ4n) is 5.40. The number of methoxy groups -OCH3 is 2. The van der Waals surface area contributed by atoms with E-state index in [1.165, 1.54) is 35.7 Å². The Hall–Kier alpha value is -5.77. The van der Waals surface area contributed by atoms with Crippen LogP contribution in [-0.4, -0.2) is 93.6 Å². The number of unbranched alkanes of at least 4 members (excludes halogenated alkanes) is 1. The van der Waals surface area contributed by atoms with E-state index in [4.69, 9.17) is 28.9 Å². The number of primary amides is 1. The number of nitrogens with two attached hydrogens (primary N) is 1. The number of hydrogen-bond donors (Lipinski definition) is 3. The average Bonchev–Trinajstić information content (AvgIpc) is 3.69. The summed E-state index contributed by atoms with van der Waals surface area (Å²) in [6, 6.07) is 16.4. The molecule has 1 aliphatic rings. The van der Waals surface area contributed by atoms with Gasteiger partial charge in [0, 0.05) is 57.2 Å². The number of benzene rings is 3. The number of halogens is 1. The number of likely N-dealkylation sites (tertiary alicyclic amines) is 1. The predicted octanol–water partition coefficient (Wildman–Crippen LogP) is 7.81. The molecule has 4 amide bonds. The van der Waals surface area contributed by atoms with Gasteiger partial charge in [-0.1, -0.05) is 63.9 Å². The van der Waals surface area contributed by atoms with Crippen LogP contribution >= 0.6 is 0 Å². The van der Waals surface area contributed by atoms with Gasteiger partial charge in [0.1, 0.15) is 28.8 Å². The maximum Gasteiger partial charge on any atom is 0.242 e. The Balaban J connectivity index is -0.00000116. The van der Waals surface area contributed by atoms with Gasteiger partial charge in [0.05, 0.1) is 27.4 Å². The Morgan fingerprint density at radius 3 is 1.95 bits per heavy atom. The van der Waals surface area contributed by atoms with Crippen molar-refractivity contribution in [2.24, 2.45) is 5.73 Å². The molecule has 4 N–H and O–H groups in total. The maximum atomic E-state index is 12.6. The van der Waals surface area contributed by atoms with E-state index in [1.54, 1.807) is 40.1 Å². The van der Waals surface area contributed by atoms with Gasteiger partial charge in [0.15, 0.2) is 0 Å². The zero-order valence-electron chi connectivity index (χ0n) is 38.0. The standard InChI is InChI=1S/C30H42N2O5.C7H7FO.C3H8.C2H5NO.C2H6.C2H2.CH3NO/c1-22-12-14-24(15-13-22)16-18-37-25-19-27(35-4)26(28(20-25)36-5)10-6-7-11-29(33)31(3)21-30(34)32-17-8-9-23(32)2;1-5-4-6(8)2-3-7(5)9;1-3-2;1-3-2-4;2*1-2;2-1-3/h12-15,19-20,23H,6-11,16-18,21H2,1-5H3;2-4,9H,1H3;3H2,1-2H3;2H,1H3,(H,3,4);1-2H3;1-2H;1H,(H2,2,3)/t23-;;;;;;/m1....../s1. The van der Waals surface area contributed by atoms with Crippen molar-refractivity contribution in [2.45, 2.75) is 106 Å². The lowest BCUT2D eigenvalue weighted by Crippen LogP contribution is -2.42. The normalized spacial score (nSPS) is 11.6. The molecule has 3 aromatic carbocycles. The number of phenolic OH excluding ortho intramolecular Hbond substituents is 1. The van der Waals surface area contributed by atoms with Gasteiger partial charge in [-0.25, -0.2) is 4.39 Å². The molecule has 13 heteroatoms. The second kappa shape index (κ2) is 37.5. The van der Waals surface area contributed by atoms with Crippen molar-refractivity contribution in [3.63, 3.8) is 0 Å². The minimum absolute atomic E-state index is 0.00328. The number of aromatic hydroxyl groups is 1. The third-order valence-corrected chi connectivity index (χ3v) is 8.38. The Morgan fingerprint density at radius 1 is 0.983 bits per heavy atom. The van der Waals surface area contributed by atoms with E-state index in [0.29, 0.717) is 30.8 Å². The third kappa shape index (κ3) is 25.6. The summed E-state index contributed by atoms with van der Waals surface area (Å²) >= 11 is 0. The van der Waals surface area contributed by atoms with Crippen LogP contribution in [-0.2, 0) is 32.0 Å². The smallest absolute Gasteiger partial charge is 0.242 e. The third-order valence-electron chi connectivity index (χ3n) is 8.38. The van der Waals surface area contributed by atoms with Crippen LogP contribution in [0.1, 0.15) is 95.4 Å². The molecule has 12 nitrogen and oxygen atoms in total. The number of likely N-dealkylation sites (N-methyl/N-ethyl adjacent to an activating group) is 1. The van der Waals surface area contributed by atoms with Crippen molar-refractivity contribution in [1.29, 1.82) is 0 Å². The van der Waals surface area contributed by atoms with Crippen molar-refractivity contribution in [1.82, 2.24) is 15.1 Å². The van der Waals surface area contributed by atoms with E-state index < -0.39 is 0 Å². The molecule has 1 aliphatic heterocycles. The first-order valence-electron chi connectivity index (χ1n) is 20.3. The Morgan fingerprint density at radius 2 is 1.52 bits per heavy atom. The van der Waals surface area contributed by atoms with Gasteiger partial charge in [-0.15, -0.1) is 12.8 Å². The molecule has 0 bridgehead atoms. The van der Waals surface area contributed by atoms with Crippen LogP contribution < -0.4 is 25.3 Å². The van der Waals surface area contributed by atoms with Gasteiger partial charge in [0.2, 0.25) is 24.6 Å². The topological polar surface area (TPSA) is 161 Å². The zero-order chi connectivity index (χ0) is 46.5. The van der Waals surface area contributed by atoms with Crippen LogP contribution in [0.5, 0.6) is 23.0 Å². The highest BCUT2D eigenvalue weighted by Crippen LogP contribution is 2.35. The molecule has 1 atom stereocenters. The Kier molecular flexibility index (Phi) is 36.6. The lowest BCUT2D eigenvalue weighted by Gasteiger charge is -2.25. The number of carbonyl (C=O) groups excluding carboxylic acids is 4. The zero-order valence-corrected chi connectivity index (χ0v) is 38.0.